The minimum Gasteiger partial charge on any atom is -0.370 e. The molecule has 0 aliphatic heterocycles. The van der Waals surface area contributed by atoms with Crippen molar-refractivity contribution in [3.8, 4) is 0 Å². The molecule has 0 aromatic carbocycles. The van der Waals surface area contributed by atoms with Crippen LogP contribution in [0.25, 0.3) is 0 Å². The molecular weight excluding hydrogens is 230 g/mol. The molecule has 0 amide bonds. The molecule has 17 heavy (non-hydrogen) atoms. The number of nitrogens with two attached hydrogens (primary N) is 1. The topological polar surface area (TPSA) is 50.4 Å². The van der Waals surface area contributed by atoms with Crippen LogP contribution in [0.1, 0.15) is 36.9 Å². The van der Waals surface area contributed by atoms with Crippen LogP contribution in [-0.4, -0.2) is 12.5 Å². The first kappa shape index (κ1) is 14.0. The Morgan fingerprint density at radius 2 is 2.12 bits per heavy atom. The van der Waals surface area contributed by atoms with Gasteiger partial charge in [0.05, 0.1) is 6.54 Å². The first-order valence-electron chi connectivity index (χ1n) is 6.23. The van der Waals surface area contributed by atoms with Crippen molar-refractivity contribution in [1.29, 1.82) is 0 Å². The summed E-state index contributed by atoms with van der Waals surface area (Å²) in [6.45, 7) is 8.16. The van der Waals surface area contributed by atoms with Crippen LogP contribution in [0, 0.1) is 5.92 Å². The summed E-state index contributed by atoms with van der Waals surface area (Å²) in [6.07, 6.45) is 2.21. The Morgan fingerprint density at radius 3 is 2.71 bits per heavy atom. The maximum absolute atomic E-state index is 5.79. The molecule has 96 valence electrons. The number of aryl methyl sites for hydroxylation is 1. The van der Waals surface area contributed by atoms with Crippen molar-refractivity contribution in [3.05, 3.63) is 21.9 Å². The summed E-state index contributed by atoms with van der Waals surface area (Å²) in [6, 6.07) is 4.30. The molecule has 1 heterocycles. The lowest BCUT2D eigenvalue weighted by Crippen LogP contribution is -2.32. The van der Waals surface area contributed by atoms with E-state index in [4.69, 9.17) is 5.73 Å². The Balaban J connectivity index is 2.31. The van der Waals surface area contributed by atoms with Crippen molar-refractivity contribution in [3.63, 3.8) is 0 Å². The highest BCUT2D eigenvalue weighted by atomic mass is 32.1. The third-order valence-corrected chi connectivity index (χ3v) is 3.71. The average Bonchev–Trinajstić information content (AvgIpc) is 2.73. The molecule has 1 aromatic heterocycles. The third-order valence-electron chi connectivity index (χ3n) is 2.50. The number of thiophene rings is 1. The standard InChI is InChI=1S/C13H23N3S/c1-4-11-5-6-12(17-11)9-16-13(14)15-8-7-10(2)3/h5-6,10H,4,7-9H2,1-3H3,(H3,14,15,16). The zero-order chi connectivity index (χ0) is 12.7. The highest BCUT2D eigenvalue weighted by molar-refractivity contribution is 7.11. The molecule has 0 fully saturated rings. The van der Waals surface area contributed by atoms with E-state index in [-0.39, 0.29) is 0 Å². The molecule has 0 unspecified atom stereocenters. The molecule has 0 saturated heterocycles. The summed E-state index contributed by atoms with van der Waals surface area (Å²) >= 11 is 1.81. The summed E-state index contributed by atoms with van der Waals surface area (Å²) in [5.41, 5.74) is 5.79. The van der Waals surface area contributed by atoms with Crippen molar-refractivity contribution < 1.29 is 0 Å². The third kappa shape index (κ3) is 5.73. The fourth-order valence-electron chi connectivity index (χ4n) is 1.41. The van der Waals surface area contributed by atoms with Gasteiger partial charge in [0, 0.05) is 16.3 Å². The fourth-order valence-corrected chi connectivity index (χ4v) is 2.29. The van der Waals surface area contributed by atoms with Crippen LogP contribution in [0.2, 0.25) is 0 Å². The predicted molar refractivity (Wildman–Crippen MR) is 76.5 cm³/mol. The van der Waals surface area contributed by atoms with Gasteiger partial charge in [-0.25, -0.2) is 4.99 Å². The van der Waals surface area contributed by atoms with Gasteiger partial charge in [0.2, 0.25) is 0 Å². The summed E-state index contributed by atoms with van der Waals surface area (Å²) in [7, 11) is 0. The van der Waals surface area contributed by atoms with E-state index in [0.29, 0.717) is 18.4 Å². The van der Waals surface area contributed by atoms with Crippen LogP contribution < -0.4 is 11.1 Å². The van der Waals surface area contributed by atoms with Gasteiger partial charge in [0.25, 0.3) is 0 Å². The number of hydrogen-bond donors (Lipinski definition) is 2. The molecule has 3 N–H and O–H groups in total. The van der Waals surface area contributed by atoms with Crippen molar-refractivity contribution in [1.82, 2.24) is 5.32 Å². The van der Waals surface area contributed by atoms with Gasteiger partial charge in [-0.15, -0.1) is 11.3 Å². The average molecular weight is 253 g/mol. The van der Waals surface area contributed by atoms with Crippen LogP contribution in [0.15, 0.2) is 17.1 Å². The molecule has 0 atom stereocenters. The summed E-state index contributed by atoms with van der Waals surface area (Å²) in [4.78, 5) is 7.01. The van der Waals surface area contributed by atoms with Gasteiger partial charge in [-0.2, -0.15) is 0 Å². The lowest BCUT2D eigenvalue weighted by atomic mass is 10.1. The first-order valence-corrected chi connectivity index (χ1v) is 7.04. The minimum absolute atomic E-state index is 0.553. The Morgan fingerprint density at radius 1 is 1.41 bits per heavy atom. The molecule has 0 aliphatic carbocycles. The molecule has 0 saturated carbocycles. The van der Waals surface area contributed by atoms with Gasteiger partial charge in [-0.1, -0.05) is 20.8 Å². The zero-order valence-electron chi connectivity index (χ0n) is 11.0. The van der Waals surface area contributed by atoms with E-state index in [1.165, 1.54) is 9.75 Å². The van der Waals surface area contributed by atoms with E-state index in [1.54, 1.807) is 0 Å². The Hall–Kier alpha value is -1.03. The van der Waals surface area contributed by atoms with Crippen LogP contribution >= 0.6 is 11.3 Å². The van der Waals surface area contributed by atoms with Crippen molar-refractivity contribution in [2.75, 3.05) is 6.54 Å². The van der Waals surface area contributed by atoms with E-state index in [9.17, 15) is 0 Å². The maximum atomic E-state index is 5.79. The Kier molecular flexibility index (Phi) is 6.05. The number of nitrogens with zero attached hydrogens (tertiary/aromatic N) is 1. The second kappa shape index (κ2) is 7.33. The second-order valence-electron chi connectivity index (χ2n) is 4.53. The predicted octanol–water partition coefficient (Wildman–Crippen LogP) is 2.76. The fraction of sp³-hybridized carbons (Fsp3) is 0.615. The number of nitrogens with one attached hydrogen (secondary N) is 1. The normalized spacial score (nSPS) is 12.1. The molecular formula is C13H23N3S. The lowest BCUT2D eigenvalue weighted by molar-refractivity contribution is 0.576. The monoisotopic (exact) mass is 253 g/mol. The molecule has 4 heteroatoms. The Bertz CT molecular complexity index is 355. The van der Waals surface area contributed by atoms with E-state index in [2.05, 4.69) is 43.2 Å². The molecule has 0 aliphatic rings. The van der Waals surface area contributed by atoms with Gasteiger partial charge in [0.1, 0.15) is 0 Å². The summed E-state index contributed by atoms with van der Waals surface area (Å²) < 4.78 is 0. The smallest absolute Gasteiger partial charge is 0.188 e. The lowest BCUT2D eigenvalue weighted by Gasteiger charge is -2.06. The van der Waals surface area contributed by atoms with Crippen molar-refractivity contribution >= 4 is 17.3 Å². The maximum Gasteiger partial charge on any atom is 0.188 e. The highest BCUT2D eigenvalue weighted by Crippen LogP contribution is 2.17. The SMILES string of the molecule is CCc1ccc(CN=C(N)NCCC(C)C)s1. The summed E-state index contributed by atoms with van der Waals surface area (Å²) in [5.74, 6) is 1.25. The van der Waals surface area contributed by atoms with E-state index >= 15 is 0 Å². The first-order chi connectivity index (χ1) is 8.11. The van der Waals surface area contributed by atoms with Gasteiger partial charge in [-0.05, 0) is 30.9 Å². The molecule has 3 nitrogen and oxygen atoms in total. The van der Waals surface area contributed by atoms with Crippen LogP contribution in [-0.2, 0) is 13.0 Å². The summed E-state index contributed by atoms with van der Waals surface area (Å²) in [5, 5.41) is 3.14. The Labute approximate surface area is 108 Å². The second-order valence-corrected chi connectivity index (χ2v) is 5.79. The molecule has 0 spiro atoms. The van der Waals surface area contributed by atoms with Gasteiger partial charge < -0.3 is 11.1 Å². The number of guanidine groups is 1. The zero-order valence-corrected chi connectivity index (χ0v) is 11.8. The highest BCUT2D eigenvalue weighted by Gasteiger charge is 1.98. The van der Waals surface area contributed by atoms with E-state index in [0.717, 1.165) is 19.4 Å². The van der Waals surface area contributed by atoms with Crippen LogP contribution in [0.5, 0.6) is 0 Å². The quantitative estimate of drug-likeness (QED) is 0.605. The van der Waals surface area contributed by atoms with Gasteiger partial charge in [-0.3, -0.25) is 0 Å². The minimum atomic E-state index is 0.553. The van der Waals surface area contributed by atoms with Crippen molar-refractivity contribution in [2.24, 2.45) is 16.6 Å². The molecule has 1 aromatic rings. The van der Waals surface area contributed by atoms with Crippen molar-refractivity contribution in [2.45, 2.75) is 40.2 Å². The van der Waals surface area contributed by atoms with Crippen LogP contribution in [0.3, 0.4) is 0 Å². The van der Waals surface area contributed by atoms with E-state index in [1.807, 2.05) is 11.3 Å². The molecule has 1 rings (SSSR count). The van der Waals surface area contributed by atoms with Gasteiger partial charge in [0.15, 0.2) is 5.96 Å². The largest absolute Gasteiger partial charge is 0.370 e. The molecule has 0 radical (unpaired) electrons. The number of hydrogen-bond acceptors (Lipinski definition) is 2. The van der Waals surface area contributed by atoms with E-state index < -0.39 is 0 Å². The number of rotatable bonds is 6. The van der Waals surface area contributed by atoms with Crippen LogP contribution in [0.4, 0.5) is 0 Å². The molecule has 0 bridgehead atoms. The number of aliphatic imine (C=N–C) groups is 1. The van der Waals surface area contributed by atoms with Gasteiger partial charge >= 0.3 is 0 Å².